The molecule has 1 aromatic rings. The molecule has 1 nitrogen and oxygen atoms in total. The van der Waals surface area contributed by atoms with Gasteiger partial charge in [0.05, 0.1) is 0 Å². The lowest BCUT2D eigenvalue weighted by molar-refractivity contribution is 0.105. The number of carbonyl (C=O) groups is 1. The SMILES string of the molecule is CCCC#CC(=O)c1ccc(Cl)cc1. The molecule has 0 atom stereocenters. The molecule has 72 valence electrons. The van der Waals surface area contributed by atoms with Gasteiger partial charge in [0, 0.05) is 17.0 Å². The van der Waals surface area contributed by atoms with Gasteiger partial charge in [0.25, 0.3) is 0 Å². The summed E-state index contributed by atoms with van der Waals surface area (Å²) >= 11 is 5.70. The Morgan fingerprint density at radius 1 is 1.36 bits per heavy atom. The summed E-state index contributed by atoms with van der Waals surface area (Å²) in [5.74, 6) is 5.26. The largest absolute Gasteiger partial charge is 0.279 e. The Hall–Kier alpha value is -1.26. The van der Waals surface area contributed by atoms with Crippen LogP contribution in [0.5, 0.6) is 0 Å². The molecule has 2 heteroatoms. The summed E-state index contributed by atoms with van der Waals surface area (Å²) in [5, 5.41) is 0.628. The maximum absolute atomic E-state index is 11.4. The van der Waals surface area contributed by atoms with Gasteiger partial charge in [0.1, 0.15) is 0 Å². The van der Waals surface area contributed by atoms with E-state index < -0.39 is 0 Å². The lowest BCUT2D eigenvalue weighted by Gasteiger charge is -1.92. The molecule has 0 heterocycles. The zero-order valence-corrected chi connectivity index (χ0v) is 8.77. The highest BCUT2D eigenvalue weighted by Crippen LogP contribution is 2.09. The van der Waals surface area contributed by atoms with Crippen LogP contribution in [0.2, 0.25) is 5.02 Å². The molecule has 0 aliphatic carbocycles. The van der Waals surface area contributed by atoms with Crippen LogP contribution in [0.25, 0.3) is 0 Å². The van der Waals surface area contributed by atoms with Gasteiger partial charge in [-0.05, 0) is 36.6 Å². The van der Waals surface area contributed by atoms with Gasteiger partial charge in [0.2, 0.25) is 5.78 Å². The van der Waals surface area contributed by atoms with Crippen molar-refractivity contribution in [2.45, 2.75) is 19.8 Å². The van der Waals surface area contributed by atoms with Crippen LogP contribution in [0.3, 0.4) is 0 Å². The van der Waals surface area contributed by atoms with E-state index in [1.807, 2.05) is 6.92 Å². The maximum atomic E-state index is 11.4. The first-order valence-corrected chi connectivity index (χ1v) is 4.90. The molecular formula is C12H11ClO. The van der Waals surface area contributed by atoms with E-state index in [0.29, 0.717) is 10.6 Å². The quantitative estimate of drug-likeness (QED) is 0.412. The van der Waals surface area contributed by atoms with Crippen molar-refractivity contribution in [2.24, 2.45) is 0 Å². The molecular weight excluding hydrogens is 196 g/mol. The second kappa shape index (κ2) is 5.47. The van der Waals surface area contributed by atoms with Gasteiger partial charge in [-0.3, -0.25) is 4.79 Å². The molecule has 0 aromatic heterocycles. The van der Waals surface area contributed by atoms with E-state index in [9.17, 15) is 4.79 Å². The molecule has 0 saturated carbocycles. The molecule has 0 bridgehead atoms. The highest BCUT2D eigenvalue weighted by Gasteiger charge is 2.00. The Balaban J connectivity index is 2.72. The van der Waals surface area contributed by atoms with Gasteiger partial charge < -0.3 is 0 Å². The summed E-state index contributed by atoms with van der Waals surface area (Å²) in [6.45, 7) is 2.03. The molecule has 0 aliphatic heterocycles. The van der Waals surface area contributed by atoms with E-state index in [4.69, 9.17) is 11.6 Å². The summed E-state index contributed by atoms with van der Waals surface area (Å²) in [4.78, 5) is 11.4. The van der Waals surface area contributed by atoms with Gasteiger partial charge >= 0.3 is 0 Å². The zero-order chi connectivity index (χ0) is 10.4. The van der Waals surface area contributed by atoms with Crippen LogP contribution in [0.15, 0.2) is 24.3 Å². The first-order valence-electron chi connectivity index (χ1n) is 4.53. The van der Waals surface area contributed by atoms with Crippen molar-refractivity contribution >= 4 is 17.4 Å². The monoisotopic (exact) mass is 206 g/mol. The van der Waals surface area contributed by atoms with E-state index in [-0.39, 0.29) is 5.78 Å². The summed E-state index contributed by atoms with van der Waals surface area (Å²) in [7, 11) is 0. The molecule has 14 heavy (non-hydrogen) atoms. The van der Waals surface area contributed by atoms with Crippen LogP contribution in [0.1, 0.15) is 30.1 Å². The van der Waals surface area contributed by atoms with Crippen LogP contribution in [0.4, 0.5) is 0 Å². The number of rotatable bonds is 2. The third-order valence-corrected chi connectivity index (χ3v) is 1.94. The average Bonchev–Trinajstić information content (AvgIpc) is 2.19. The summed E-state index contributed by atoms with van der Waals surface area (Å²) in [6.07, 6.45) is 1.74. The third-order valence-electron chi connectivity index (χ3n) is 1.68. The van der Waals surface area contributed by atoms with Crippen LogP contribution >= 0.6 is 11.6 Å². The number of carbonyl (C=O) groups excluding carboxylic acids is 1. The van der Waals surface area contributed by atoms with Crippen molar-refractivity contribution in [1.82, 2.24) is 0 Å². The Kier molecular flexibility index (Phi) is 4.22. The minimum absolute atomic E-state index is 0.143. The molecule has 0 saturated heterocycles. The second-order valence-electron chi connectivity index (χ2n) is 2.89. The Bertz CT molecular complexity index is 368. The highest BCUT2D eigenvalue weighted by atomic mass is 35.5. The summed E-state index contributed by atoms with van der Waals surface area (Å²) < 4.78 is 0. The molecule has 0 N–H and O–H groups in total. The number of benzene rings is 1. The Morgan fingerprint density at radius 3 is 2.57 bits per heavy atom. The number of halogens is 1. The van der Waals surface area contributed by atoms with E-state index in [0.717, 1.165) is 12.8 Å². The molecule has 0 fully saturated rings. The van der Waals surface area contributed by atoms with Crippen molar-refractivity contribution in [3.63, 3.8) is 0 Å². The Morgan fingerprint density at radius 2 is 2.00 bits per heavy atom. The van der Waals surface area contributed by atoms with E-state index in [1.165, 1.54) is 0 Å². The van der Waals surface area contributed by atoms with Crippen LogP contribution in [-0.4, -0.2) is 5.78 Å². The van der Waals surface area contributed by atoms with Crippen molar-refractivity contribution in [3.05, 3.63) is 34.9 Å². The highest BCUT2D eigenvalue weighted by molar-refractivity contribution is 6.30. The first-order chi connectivity index (χ1) is 6.74. The van der Waals surface area contributed by atoms with Gasteiger partial charge in [-0.2, -0.15) is 0 Å². The fourth-order valence-electron chi connectivity index (χ4n) is 0.941. The van der Waals surface area contributed by atoms with Crippen molar-refractivity contribution in [3.8, 4) is 11.8 Å². The van der Waals surface area contributed by atoms with Crippen molar-refractivity contribution < 1.29 is 4.79 Å². The lowest BCUT2D eigenvalue weighted by atomic mass is 10.1. The van der Waals surface area contributed by atoms with Crippen LogP contribution in [0, 0.1) is 11.8 Å². The number of unbranched alkanes of at least 4 members (excludes halogenated alkanes) is 1. The maximum Gasteiger partial charge on any atom is 0.235 e. The Labute approximate surface area is 89.1 Å². The lowest BCUT2D eigenvalue weighted by Crippen LogP contribution is -1.93. The standard InChI is InChI=1S/C12H11ClO/c1-2-3-4-5-12(14)10-6-8-11(13)9-7-10/h6-9H,2-3H2,1H3. The molecule has 1 rings (SSSR count). The predicted molar refractivity (Wildman–Crippen MR) is 58.5 cm³/mol. The average molecular weight is 207 g/mol. The van der Waals surface area contributed by atoms with Gasteiger partial charge in [-0.25, -0.2) is 0 Å². The van der Waals surface area contributed by atoms with Crippen LogP contribution in [-0.2, 0) is 0 Å². The topological polar surface area (TPSA) is 17.1 Å². The molecule has 0 radical (unpaired) electrons. The number of hydrogen-bond acceptors (Lipinski definition) is 1. The predicted octanol–water partition coefficient (Wildman–Crippen LogP) is 3.33. The van der Waals surface area contributed by atoms with Gasteiger partial charge in [-0.1, -0.05) is 24.4 Å². The second-order valence-corrected chi connectivity index (χ2v) is 3.32. The van der Waals surface area contributed by atoms with Crippen molar-refractivity contribution in [2.75, 3.05) is 0 Å². The van der Waals surface area contributed by atoms with E-state index >= 15 is 0 Å². The number of hydrogen-bond donors (Lipinski definition) is 0. The number of Topliss-reactive ketones (excluding diaryl/α,β-unsaturated/α-hetero) is 1. The molecule has 1 aromatic carbocycles. The zero-order valence-electron chi connectivity index (χ0n) is 8.01. The minimum Gasteiger partial charge on any atom is -0.279 e. The van der Waals surface area contributed by atoms with E-state index in [2.05, 4.69) is 11.8 Å². The summed E-state index contributed by atoms with van der Waals surface area (Å²) in [6, 6.07) is 6.75. The minimum atomic E-state index is -0.143. The van der Waals surface area contributed by atoms with Gasteiger partial charge in [-0.15, -0.1) is 0 Å². The normalized spacial score (nSPS) is 9.00. The fourth-order valence-corrected chi connectivity index (χ4v) is 1.07. The molecule has 0 amide bonds. The third kappa shape index (κ3) is 3.24. The fraction of sp³-hybridized carbons (Fsp3) is 0.250. The van der Waals surface area contributed by atoms with Gasteiger partial charge in [0.15, 0.2) is 0 Å². The summed E-state index contributed by atoms with van der Waals surface area (Å²) in [5.41, 5.74) is 0.595. The molecule has 0 unspecified atom stereocenters. The number of ketones is 1. The van der Waals surface area contributed by atoms with Crippen molar-refractivity contribution in [1.29, 1.82) is 0 Å². The smallest absolute Gasteiger partial charge is 0.235 e. The van der Waals surface area contributed by atoms with E-state index in [1.54, 1.807) is 24.3 Å². The first kappa shape index (κ1) is 10.8. The molecule has 0 spiro atoms. The molecule has 0 aliphatic rings. The van der Waals surface area contributed by atoms with Crippen LogP contribution < -0.4 is 0 Å².